The van der Waals surface area contributed by atoms with Crippen molar-refractivity contribution in [1.82, 2.24) is 0 Å². The summed E-state index contributed by atoms with van der Waals surface area (Å²) in [6.45, 7) is 0.241. The van der Waals surface area contributed by atoms with Crippen LogP contribution in [-0.2, 0) is 14.8 Å². The Balaban J connectivity index is 1.79. The fraction of sp³-hybridized carbons (Fsp3) is 0.188. The molecule has 0 atom stereocenters. The van der Waals surface area contributed by atoms with Gasteiger partial charge in [0.05, 0.1) is 15.6 Å². The first-order valence-electron chi connectivity index (χ1n) is 7.42. The summed E-state index contributed by atoms with van der Waals surface area (Å²) in [7, 11) is -3.91. The van der Waals surface area contributed by atoms with Gasteiger partial charge in [-0.05, 0) is 30.3 Å². The molecule has 0 aliphatic carbocycles. The predicted octanol–water partition coefficient (Wildman–Crippen LogP) is 2.38. The van der Waals surface area contributed by atoms with Crippen LogP contribution < -0.4 is 18.9 Å². The fourth-order valence-corrected chi connectivity index (χ4v) is 3.60. The monoisotopic (exact) mass is 399 g/mol. The molecule has 2 N–H and O–H groups in total. The topological polar surface area (TPSA) is 111 Å². The Morgan fingerprint density at radius 1 is 1.15 bits per heavy atom. The van der Waals surface area contributed by atoms with Gasteiger partial charge in [0, 0.05) is 6.07 Å². The second-order valence-corrected chi connectivity index (χ2v) is 7.33. The van der Waals surface area contributed by atoms with E-state index in [1.807, 2.05) is 0 Å². The van der Waals surface area contributed by atoms with Crippen molar-refractivity contribution in [3.05, 3.63) is 41.4 Å². The van der Waals surface area contributed by atoms with Crippen molar-refractivity contribution in [2.75, 3.05) is 24.5 Å². The third-order valence-electron chi connectivity index (χ3n) is 3.36. The van der Waals surface area contributed by atoms with Crippen LogP contribution in [0.25, 0.3) is 0 Å². The first-order valence-corrected chi connectivity index (χ1v) is 9.28. The number of hydrogen-bond acceptors (Lipinski definition) is 6. The van der Waals surface area contributed by atoms with Gasteiger partial charge in [-0.2, -0.15) is 0 Å². The average molecular weight is 400 g/mol. The molecule has 3 rings (SSSR count). The Morgan fingerprint density at radius 3 is 2.58 bits per heavy atom. The number of hydrogen-bond donors (Lipinski definition) is 2. The van der Waals surface area contributed by atoms with Crippen molar-refractivity contribution >= 4 is 33.3 Å². The minimum Gasteiger partial charge on any atom is -0.486 e. The van der Waals surface area contributed by atoms with Crippen molar-refractivity contribution in [2.24, 2.45) is 0 Å². The zero-order chi connectivity index (χ0) is 18.7. The Hall–Kier alpha value is -2.65. The van der Waals surface area contributed by atoms with E-state index in [9.17, 15) is 13.2 Å². The third kappa shape index (κ3) is 4.12. The van der Waals surface area contributed by atoms with Crippen LogP contribution >= 0.6 is 11.6 Å². The molecule has 10 heteroatoms. The number of rotatable bonds is 6. The lowest BCUT2D eigenvalue weighted by atomic mass is 10.3. The molecular weight excluding hydrogens is 386 g/mol. The Bertz CT molecular complexity index is 946. The molecule has 2 aromatic rings. The number of sulfonamides is 1. The Labute approximate surface area is 154 Å². The maximum Gasteiger partial charge on any atom is 0.341 e. The summed E-state index contributed by atoms with van der Waals surface area (Å²) in [5, 5.41) is 8.59. The van der Waals surface area contributed by atoms with E-state index in [-0.39, 0.29) is 15.7 Å². The first kappa shape index (κ1) is 18.2. The molecular formula is C16H14ClNO7S. The van der Waals surface area contributed by atoms with E-state index >= 15 is 0 Å². The molecule has 0 saturated carbocycles. The molecule has 2 aromatic carbocycles. The molecule has 0 amide bonds. The molecule has 0 saturated heterocycles. The summed E-state index contributed by atoms with van der Waals surface area (Å²) >= 11 is 5.97. The summed E-state index contributed by atoms with van der Waals surface area (Å²) in [5.74, 6) is -0.0977. The van der Waals surface area contributed by atoms with E-state index in [4.69, 9.17) is 30.9 Å². The van der Waals surface area contributed by atoms with Gasteiger partial charge in [-0.25, -0.2) is 13.2 Å². The smallest absolute Gasteiger partial charge is 0.341 e. The quantitative estimate of drug-likeness (QED) is 0.766. The highest BCUT2D eigenvalue weighted by Gasteiger charge is 2.19. The fourth-order valence-electron chi connectivity index (χ4n) is 2.23. The first-order chi connectivity index (χ1) is 12.3. The predicted molar refractivity (Wildman–Crippen MR) is 92.8 cm³/mol. The molecule has 0 bridgehead atoms. The molecule has 1 heterocycles. The molecule has 0 unspecified atom stereocenters. The van der Waals surface area contributed by atoms with Crippen LogP contribution in [0.15, 0.2) is 41.3 Å². The number of ether oxygens (including phenoxy) is 3. The second-order valence-electron chi connectivity index (χ2n) is 5.24. The number of halogens is 1. The van der Waals surface area contributed by atoms with Gasteiger partial charge in [0.25, 0.3) is 10.0 Å². The lowest BCUT2D eigenvalue weighted by molar-refractivity contribution is -0.139. The summed E-state index contributed by atoms with van der Waals surface area (Å²) in [4.78, 5) is 10.4. The van der Waals surface area contributed by atoms with Crippen molar-refractivity contribution < 1.29 is 32.5 Å². The Kier molecular flexibility index (Phi) is 5.10. The van der Waals surface area contributed by atoms with E-state index in [1.165, 1.54) is 24.3 Å². The van der Waals surface area contributed by atoms with Crippen molar-refractivity contribution in [3.63, 3.8) is 0 Å². The molecule has 138 valence electrons. The van der Waals surface area contributed by atoms with E-state index in [2.05, 4.69) is 4.72 Å². The van der Waals surface area contributed by atoms with Gasteiger partial charge in [-0.1, -0.05) is 11.6 Å². The van der Waals surface area contributed by atoms with Crippen LogP contribution in [0.1, 0.15) is 0 Å². The molecule has 1 aliphatic rings. The van der Waals surface area contributed by atoms with E-state index < -0.39 is 22.6 Å². The van der Waals surface area contributed by atoms with Gasteiger partial charge in [-0.3, -0.25) is 4.72 Å². The van der Waals surface area contributed by atoms with Gasteiger partial charge < -0.3 is 19.3 Å². The number of fused-ring (bicyclic) bond motifs is 1. The molecule has 8 nitrogen and oxygen atoms in total. The second kappa shape index (κ2) is 7.30. The number of aliphatic carboxylic acids is 1. The van der Waals surface area contributed by atoms with Crippen LogP contribution in [0.3, 0.4) is 0 Å². The normalized spacial score (nSPS) is 13.1. The number of carboxylic acids is 1. The number of benzene rings is 2. The zero-order valence-corrected chi connectivity index (χ0v) is 14.8. The van der Waals surface area contributed by atoms with Crippen molar-refractivity contribution in [1.29, 1.82) is 0 Å². The van der Waals surface area contributed by atoms with Crippen LogP contribution in [0.2, 0.25) is 5.02 Å². The standard InChI is InChI=1S/C16H14ClNO7S/c17-12-8-11(2-4-13(12)25-9-16(19)20)26(21,22)18-10-1-3-14-15(7-10)24-6-5-23-14/h1-4,7-8,18H,5-6,9H2,(H,19,20). The average Bonchev–Trinajstić information content (AvgIpc) is 2.60. The minimum absolute atomic E-state index is 0.0173. The number of carbonyl (C=O) groups is 1. The van der Waals surface area contributed by atoms with Crippen LogP contribution in [0.4, 0.5) is 5.69 Å². The summed E-state index contributed by atoms with van der Waals surface area (Å²) in [6.07, 6.45) is 0. The maximum atomic E-state index is 12.5. The maximum absolute atomic E-state index is 12.5. The van der Waals surface area contributed by atoms with Crippen LogP contribution in [0, 0.1) is 0 Å². The largest absolute Gasteiger partial charge is 0.486 e. The Morgan fingerprint density at radius 2 is 1.88 bits per heavy atom. The molecule has 0 aromatic heterocycles. The number of anilines is 1. The molecule has 0 fully saturated rings. The van der Waals surface area contributed by atoms with E-state index in [0.29, 0.717) is 30.4 Å². The van der Waals surface area contributed by atoms with E-state index in [1.54, 1.807) is 12.1 Å². The summed E-state index contributed by atoms with van der Waals surface area (Å²) < 4.78 is 43.2. The van der Waals surface area contributed by atoms with Crippen molar-refractivity contribution in [2.45, 2.75) is 4.90 Å². The molecule has 0 radical (unpaired) electrons. The van der Waals surface area contributed by atoms with Crippen LogP contribution in [-0.4, -0.2) is 39.3 Å². The minimum atomic E-state index is -3.91. The van der Waals surface area contributed by atoms with Gasteiger partial charge in [0.15, 0.2) is 18.1 Å². The highest BCUT2D eigenvalue weighted by atomic mass is 35.5. The zero-order valence-electron chi connectivity index (χ0n) is 13.3. The third-order valence-corrected chi connectivity index (χ3v) is 5.03. The summed E-state index contributed by atoms with van der Waals surface area (Å²) in [5.41, 5.74) is 0.302. The van der Waals surface area contributed by atoms with E-state index in [0.717, 1.165) is 0 Å². The van der Waals surface area contributed by atoms with Gasteiger partial charge in [0.1, 0.15) is 19.0 Å². The van der Waals surface area contributed by atoms with Gasteiger partial charge in [0.2, 0.25) is 0 Å². The SMILES string of the molecule is O=C(O)COc1ccc(S(=O)(=O)Nc2ccc3c(c2)OCCO3)cc1Cl. The molecule has 0 spiro atoms. The lowest BCUT2D eigenvalue weighted by Crippen LogP contribution is -2.16. The van der Waals surface area contributed by atoms with Crippen LogP contribution in [0.5, 0.6) is 17.2 Å². The lowest BCUT2D eigenvalue weighted by Gasteiger charge is -2.19. The highest BCUT2D eigenvalue weighted by molar-refractivity contribution is 7.92. The number of carboxylic acid groups (broad SMARTS) is 1. The molecule has 1 aliphatic heterocycles. The highest BCUT2D eigenvalue weighted by Crippen LogP contribution is 2.34. The van der Waals surface area contributed by atoms with Gasteiger partial charge in [-0.15, -0.1) is 0 Å². The summed E-state index contributed by atoms with van der Waals surface area (Å²) in [6, 6.07) is 8.43. The number of nitrogens with one attached hydrogen (secondary N) is 1. The van der Waals surface area contributed by atoms with Crippen molar-refractivity contribution in [3.8, 4) is 17.2 Å². The van der Waals surface area contributed by atoms with Gasteiger partial charge >= 0.3 is 5.97 Å². The molecule has 26 heavy (non-hydrogen) atoms.